The first kappa shape index (κ1) is 12.4. The first-order chi connectivity index (χ1) is 8.63. The monoisotopic (exact) mass is 267 g/mol. The summed E-state index contributed by atoms with van der Waals surface area (Å²) in [6, 6.07) is 6.25. The fraction of sp³-hybridized carbons (Fsp3) is 0.182. The molecule has 0 unspecified atom stereocenters. The first-order valence-electron chi connectivity index (χ1n) is 5.24. The van der Waals surface area contributed by atoms with Gasteiger partial charge in [-0.05, 0) is 6.07 Å². The van der Waals surface area contributed by atoms with Crippen LogP contribution >= 0.6 is 11.6 Å². The lowest BCUT2D eigenvalue weighted by Gasteiger charge is -1.98. The van der Waals surface area contributed by atoms with Crippen LogP contribution in [0.25, 0.3) is 10.9 Å². The van der Waals surface area contributed by atoms with Gasteiger partial charge < -0.3 is 10.3 Å². The van der Waals surface area contributed by atoms with E-state index in [1.54, 1.807) is 18.2 Å². The molecule has 0 radical (unpaired) electrons. The summed E-state index contributed by atoms with van der Waals surface area (Å²) >= 11 is 5.46. The molecule has 0 spiro atoms. The first-order valence-corrected chi connectivity index (χ1v) is 5.77. The molecule has 6 nitrogen and oxygen atoms in total. The quantitative estimate of drug-likeness (QED) is 0.505. The second-order valence-electron chi connectivity index (χ2n) is 3.63. The van der Waals surface area contributed by atoms with Gasteiger partial charge in [-0.15, -0.1) is 11.6 Å². The van der Waals surface area contributed by atoms with Gasteiger partial charge in [0.15, 0.2) is 0 Å². The highest BCUT2D eigenvalue weighted by Gasteiger charge is 2.16. The minimum Gasteiger partial charge on any atom is -0.350 e. The number of H-pyrrole nitrogens is 1. The zero-order chi connectivity index (χ0) is 13.1. The SMILES string of the molecule is O=C(NCCCl)c1cc2cccc([N+](=O)[O-])c2[nH]1. The number of halogens is 1. The second kappa shape index (κ2) is 5.05. The van der Waals surface area contributed by atoms with E-state index in [-0.39, 0.29) is 17.3 Å². The number of carbonyl (C=O) groups is 1. The van der Waals surface area contributed by atoms with E-state index in [1.807, 2.05) is 0 Å². The van der Waals surface area contributed by atoms with E-state index < -0.39 is 4.92 Å². The molecule has 2 N–H and O–H groups in total. The molecule has 7 heteroatoms. The number of fused-ring (bicyclic) bond motifs is 1. The standard InChI is InChI=1S/C11H10ClN3O3/c12-4-5-13-11(16)8-6-7-2-1-3-9(15(17)18)10(7)14-8/h1-3,6,14H,4-5H2,(H,13,16). The Morgan fingerprint density at radius 2 is 2.28 bits per heavy atom. The third kappa shape index (κ3) is 2.28. The molecule has 0 saturated heterocycles. The van der Waals surface area contributed by atoms with Gasteiger partial charge >= 0.3 is 0 Å². The van der Waals surface area contributed by atoms with E-state index in [2.05, 4.69) is 10.3 Å². The highest BCUT2D eigenvalue weighted by molar-refractivity contribution is 6.18. The molecule has 0 bridgehead atoms. The summed E-state index contributed by atoms with van der Waals surface area (Å²) in [5.74, 6) is -0.0206. The molecule has 0 aliphatic carbocycles. The number of nitrogens with one attached hydrogen (secondary N) is 2. The van der Waals surface area contributed by atoms with Crippen molar-refractivity contribution in [3.8, 4) is 0 Å². The zero-order valence-electron chi connectivity index (χ0n) is 9.27. The number of hydrogen-bond acceptors (Lipinski definition) is 3. The molecular formula is C11H10ClN3O3. The Hall–Kier alpha value is -2.08. The number of aromatic nitrogens is 1. The van der Waals surface area contributed by atoms with Crippen LogP contribution in [0.1, 0.15) is 10.5 Å². The summed E-state index contributed by atoms with van der Waals surface area (Å²) in [4.78, 5) is 24.8. The average Bonchev–Trinajstić information content (AvgIpc) is 2.79. The summed E-state index contributed by atoms with van der Waals surface area (Å²) in [6.07, 6.45) is 0. The Kier molecular flexibility index (Phi) is 3.47. The molecule has 0 aliphatic rings. The second-order valence-corrected chi connectivity index (χ2v) is 4.00. The summed E-state index contributed by atoms with van der Waals surface area (Å²) in [7, 11) is 0. The van der Waals surface area contributed by atoms with Gasteiger partial charge in [0.2, 0.25) is 0 Å². The molecule has 1 heterocycles. The van der Waals surface area contributed by atoms with Crippen molar-refractivity contribution < 1.29 is 9.72 Å². The third-order valence-corrected chi connectivity index (χ3v) is 2.64. The van der Waals surface area contributed by atoms with Crippen LogP contribution in [0, 0.1) is 10.1 Å². The molecule has 1 amide bonds. The highest BCUT2D eigenvalue weighted by Crippen LogP contribution is 2.25. The normalized spacial score (nSPS) is 10.5. The van der Waals surface area contributed by atoms with Gasteiger partial charge in [-0.2, -0.15) is 0 Å². The number of carbonyl (C=O) groups excluding carboxylic acids is 1. The molecule has 1 aromatic heterocycles. The van der Waals surface area contributed by atoms with Crippen LogP contribution < -0.4 is 5.32 Å². The van der Waals surface area contributed by atoms with Crippen LogP contribution in [0.15, 0.2) is 24.3 Å². The third-order valence-electron chi connectivity index (χ3n) is 2.46. The molecule has 0 fully saturated rings. The maximum absolute atomic E-state index is 11.7. The number of benzene rings is 1. The molecule has 18 heavy (non-hydrogen) atoms. The molecule has 2 aromatic rings. The number of nitro benzene ring substituents is 1. The number of amides is 1. The molecule has 2 rings (SSSR count). The number of nitro groups is 1. The topological polar surface area (TPSA) is 88.0 Å². The Morgan fingerprint density at radius 3 is 2.94 bits per heavy atom. The lowest BCUT2D eigenvalue weighted by Crippen LogP contribution is -2.25. The zero-order valence-corrected chi connectivity index (χ0v) is 10.0. The average molecular weight is 268 g/mol. The molecule has 1 aromatic carbocycles. The van der Waals surface area contributed by atoms with Gasteiger partial charge in [-0.25, -0.2) is 0 Å². The van der Waals surface area contributed by atoms with E-state index in [0.717, 1.165) is 0 Å². The number of nitrogens with zero attached hydrogens (tertiary/aromatic N) is 1. The van der Waals surface area contributed by atoms with Crippen molar-refractivity contribution in [2.24, 2.45) is 0 Å². The van der Waals surface area contributed by atoms with E-state index in [1.165, 1.54) is 6.07 Å². The van der Waals surface area contributed by atoms with Crippen molar-refractivity contribution in [3.05, 3.63) is 40.1 Å². The highest BCUT2D eigenvalue weighted by atomic mass is 35.5. The van der Waals surface area contributed by atoms with E-state index in [0.29, 0.717) is 23.3 Å². The predicted octanol–water partition coefficient (Wildman–Crippen LogP) is 2.04. The van der Waals surface area contributed by atoms with Gasteiger partial charge in [0.1, 0.15) is 11.2 Å². The molecule has 0 atom stereocenters. The molecule has 94 valence electrons. The maximum atomic E-state index is 11.7. The predicted molar refractivity (Wildman–Crippen MR) is 68.0 cm³/mol. The summed E-state index contributed by atoms with van der Waals surface area (Å²) in [6.45, 7) is 0.345. The summed E-state index contributed by atoms with van der Waals surface area (Å²) in [5, 5.41) is 14.0. The minimum atomic E-state index is -0.487. The molecule has 0 aliphatic heterocycles. The molecule has 0 saturated carbocycles. The van der Waals surface area contributed by atoms with E-state index in [4.69, 9.17) is 11.6 Å². The fourth-order valence-corrected chi connectivity index (χ4v) is 1.77. The van der Waals surface area contributed by atoms with Crippen LogP contribution in [0.3, 0.4) is 0 Å². The Bertz CT molecular complexity index is 609. The van der Waals surface area contributed by atoms with Crippen LogP contribution in [0.5, 0.6) is 0 Å². The smallest absolute Gasteiger partial charge is 0.293 e. The van der Waals surface area contributed by atoms with Crippen molar-refractivity contribution in [1.82, 2.24) is 10.3 Å². The van der Waals surface area contributed by atoms with Crippen LogP contribution in [0.4, 0.5) is 5.69 Å². The number of non-ortho nitro benzene ring substituents is 1. The van der Waals surface area contributed by atoms with Gasteiger partial charge in [0.25, 0.3) is 11.6 Å². The van der Waals surface area contributed by atoms with Crippen molar-refractivity contribution >= 4 is 34.1 Å². The van der Waals surface area contributed by atoms with Crippen LogP contribution in [-0.4, -0.2) is 28.2 Å². The van der Waals surface area contributed by atoms with Crippen LogP contribution in [0.2, 0.25) is 0 Å². The fourth-order valence-electron chi connectivity index (χ4n) is 1.67. The Labute approximate surface area is 107 Å². The Balaban J connectivity index is 2.41. The number of para-hydroxylation sites is 1. The van der Waals surface area contributed by atoms with E-state index in [9.17, 15) is 14.9 Å². The molecular weight excluding hydrogens is 258 g/mol. The number of aromatic amines is 1. The number of hydrogen-bond donors (Lipinski definition) is 2. The van der Waals surface area contributed by atoms with Crippen molar-refractivity contribution in [2.45, 2.75) is 0 Å². The lowest BCUT2D eigenvalue weighted by molar-refractivity contribution is -0.383. The van der Waals surface area contributed by atoms with Gasteiger partial charge in [0, 0.05) is 23.9 Å². The summed E-state index contributed by atoms with van der Waals surface area (Å²) < 4.78 is 0. The van der Waals surface area contributed by atoms with E-state index >= 15 is 0 Å². The van der Waals surface area contributed by atoms with Gasteiger partial charge in [-0.1, -0.05) is 12.1 Å². The van der Waals surface area contributed by atoms with Crippen molar-refractivity contribution in [2.75, 3.05) is 12.4 Å². The van der Waals surface area contributed by atoms with Crippen molar-refractivity contribution in [1.29, 1.82) is 0 Å². The van der Waals surface area contributed by atoms with Crippen molar-refractivity contribution in [3.63, 3.8) is 0 Å². The largest absolute Gasteiger partial charge is 0.350 e. The summed E-state index contributed by atoms with van der Waals surface area (Å²) in [5.41, 5.74) is 0.576. The number of rotatable bonds is 4. The minimum absolute atomic E-state index is 0.0520. The maximum Gasteiger partial charge on any atom is 0.293 e. The lowest BCUT2D eigenvalue weighted by atomic mass is 10.2. The van der Waals surface area contributed by atoms with Gasteiger partial charge in [0.05, 0.1) is 4.92 Å². The Morgan fingerprint density at radius 1 is 1.50 bits per heavy atom. The number of alkyl halides is 1. The van der Waals surface area contributed by atoms with Gasteiger partial charge in [-0.3, -0.25) is 14.9 Å². The van der Waals surface area contributed by atoms with Crippen LogP contribution in [-0.2, 0) is 0 Å².